The second-order valence-electron chi connectivity index (χ2n) is 35.6. The van der Waals surface area contributed by atoms with Gasteiger partial charge >= 0.3 is 11.9 Å². The second kappa shape index (κ2) is 18.2. The monoisotopic (exact) mass is 1270 g/mol. The maximum Gasteiger partial charge on any atom is 0.339 e. The molecule has 0 amide bonds. The number of Topliss-reactive ketones (excluding diaryl/α,β-unsaturated/α-hetero) is 1. The minimum atomic E-state index is -1.61. The molecule has 1 aromatic carbocycles. The number of ether oxygens (including phenoxy) is 4. The summed E-state index contributed by atoms with van der Waals surface area (Å²) in [5, 5.41) is 42.5. The molecular weight excluding hydrogens is 1180 g/mol. The van der Waals surface area contributed by atoms with Crippen LogP contribution in [0.2, 0.25) is 0 Å². The summed E-state index contributed by atoms with van der Waals surface area (Å²) < 4.78 is 39.0. The highest BCUT2D eigenvalue weighted by molar-refractivity contribution is 5.96. The molecule has 13 fully saturated rings. The lowest BCUT2D eigenvalue weighted by molar-refractivity contribution is -0.324. The van der Waals surface area contributed by atoms with E-state index in [1.165, 1.54) is 30.4 Å². The molecule has 10 bridgehead atoms. The number of epoxide rings is 1. The number of hydrogen-bond acceptors (Lipinski definition) is 13. The van der Waals surface area contributed by atoms with Gasteiger partial charge in [0.1, 0.15) is 35.1 Å². The first-order valence-corrected chi connectivity index (χ1v) is 37.5. The van der Waals surface area contributed by atoms with E-state index in [-0.39, 0.29) is 71.6 Å². The smallest absolute Gasteiger partial charge is 0.339 e. The number of esters is 2. The zero-order valence-electron chi connectivity index (χ0n) is 54.6. The Balaban J connectivity index is 0.793. The van der Waals surface area contributed by atoms with Crippen molar-refractivity contribution in [2.24, 2.45) is 133 Å². The highest BCUT2D eigenvalue weighted by Crippen LogP contribution is 2.94. The first-order valence-electron chi connectivity index (χ1n) is 37.5. The van der Waals surface area contributed by atoms with Crippen LogP contribution in [0.1, 0.15) is 139 Å². The van der Waals surface area contributed by atoms with Gasteiger partial charge in [0.2, 0.25) is 0 Å². The van der Waals surface area contributed by atoms with Crippen molar-refractivity contribution in [3.8, 4) is 11.8 Å². The SMILES string of the molecule is C[C@@H]1[C@@H]2CCC[C@H]2C=C[C@]12C=CC[C@]13O[C@@]45C(=C[C@@H]21)C[C@@H]1C[C@H]2C=C[C@]46C(=O)OC[C@@]54[C@@H]3C(=O)[C@@H](O)[C@]35[C@@H]4[C@@H](C[C@@]16C2)C[C@]1(C)[C@@]32O[C@@H]2C(=O)O[C@@]12c1c(coc1C[C@@H]([C@H]1CC[C@H]3[C@H](C=CN4CNC[C@H]34)C1)[C@H](O)CO)CC[C@H]2C#C[C@H]1CC[C@@H](Cc2ccccc2)C[C@@H]15. The summed E-state index contributed by atoms with van der Waals surface area (Å²) in [6, 6.07) is 11.2. The number of furan rings is 1. The average Bonchev–Trinajstić information content (AvgIpc) is 1.39. The normalized spacial score (nSPS) is 55.2. The number of ketones is 1. The van der Waals surface area contributed by atoms with E-state index in [4.69, 9.17) is 23.4 Å². The predicted molar refractivity (Wildman–Crippen MR) is 343 cm³/mol. The van der Waals surface area contributed by atoms with Gasteiger partial charge in [0.25, 0.3) is 0 Å². The van der Waals surface area contributed by atoms with E-state index in [9.17, 15) is 10.2 Å². The highest BCUT2D eigenvalue weighted by Gasteiger charge is 3.02. The molecule has 13 nitrogen and oxygen atoms in total. The number of cyclic esters (lactones) is 1. The fourth-order valence-electron chi connectivity index (χ4n) is 31.0. The Kier molecular flexibility index (Phi) is 11.0. The van der Waals surface area contributed by atoms with Crippen molar-refractivity contribution in [3.05, 3.63) is 119 Å². The summed E-state index contributed by atoms with van der Waals surface area (Å²) in [7, 11) is 0. The van der Waals surface area contributed by atoms with Crippen molar-refractivity contribution in [2.75, 3.05) is 26.4 Å². The average molecular weight is 1270 g/mol. The Morgan fingerprint density at radius 1 is 0.915 bits per heavy atom. The van der Waals surface area contributed by atoms with Crippen LogP contribution in [-0.4, -0.2) is 106 Å². The highest BCUT2D eigenvalue weighted by atomic mass is 16.7. The molecule has 492 valence electrons. The van der Waals surface area contributed by atoms with E-state index in [1.807, 2.05) is 6.26 Å². The molecule has 94 heavy (non-hydrogen) atoms. The summed E-state index contributed by atoms with van der Waals surface area (Å²) in [6.45, 7) is 6.25. The maximum atomic E-state index is 18.3. The molecule has 8 heterocycles. The number of hydrogen-bond donors (Lipinski definition) is 4. The molecule has 13 heteroatoms. The molecule has 0 unspecified atom stereocenters. The van der Waals surface area contributed by atoms with E-state index in [0.717, 1.165) is 82.1 Å². The number of rotatable bonds is 7. The Morgan fingerprint density at radius 3 is 2.69 bits per heavy atom. The van der Waals surface area contributed by atoms with Gasteiger partial charge in [-0.05, 0) is 214 Å². The number of carbonyl (C=O) groups excluding carboxylic acids is 3. The van der Waals surface area contributed by atoms with Crippen LogP contribution in [0, 0.1) is 145 Å². The van der Waals surface area contributed by atoms with Crippen LogP contribution in [0.25, 0.3) is 0 Å². The molecule has 4 N–H and O–H groups in total. The van der Waals surface area contributed by atoms with Gasteiger partial charge in [-0.2, -0.15) is 0 Å². The Labute approximate surface area is 551 Å². The van der Waals surface area contributed by atoms with Gasteiger partial charge in [0.15, 0.2) is 17.5 Å². The van der Waals surface area contributed by atoms with E-state index in [2.05, 4.69) is 121 Å². The number of aliphatic hydroxyl groups is 3. The van der Waals surface area contributed by atoms with E-state index < -0.39 is 109 Å². The Hall–Kier alpha value is -5.07. The van der Waals surface area contributed by atoms with Gasteiger partial charge in [-0.3, -0.25) is 14.9 Å². The Bertz CT molecular complexity index is 3950. The lowest BCUT2D eigenvalue weighted by Gasteiger charge is -2.75. The van der Waals surface area contributed by atoms with Crippen LogP contribution >= 0.6 is 0 Å². The lowest BCUT2D eigenvalue weighted by atomic mass is 9.27. The minimum Gasteiger partial charge on any atom is -0.469 e. The number of aryl methyl sites for hydroxylation is 1. The third kappa shape index (κ3) is 5.90. The standard InChI is InChI=1S/C81H92N2O11/c1-43-56-11-6-10-47(56)21-25-73(43)23-7-24-76-63(73)33-55-32-54-29-46-20-26-77-71(89)91-41-75(80(55,77)94-76)66-52(37-74(54,77)35-46)36-72(2)79-53(18-15-51-40-90-62(64(51)79)34-58(61(85)39-84)49-16-19-57-50(31-49)22-27-83-42-82-38-60(57)83)17-14-48-13-12-45(28-44-8-4-3-5-9-44)30-59(48)78(66,68(87)65(86)67(75)76)81(72)69(92-81)70(88)93-79/h3-5,7-9,20-23,25-27,33,40,43,45-50,52-54,56-61,63,66-69,82,84-85,87H,6,10-13,15-16,18-19,24,28-32,34-39,41-42H2,1-2H3/t43-,45+,46-,47+,48-,49+,50-,52-,53-,54+,56+,57+,58+,59+,60-,61-,63+,66-,67+,68-,69-,72+,73-,74+,75-,76+,77-,78+,79+,80-,81-/m1/s1. The third-order valence-electron chi connectivity index (χ3n) is 33.5. The predicted octanol–water partition coefficient (Wildman–Crippen LogP) is 10.1. The quantitative estimate of drug-likeness (QED) is 0.0891. The van der Waals surface area contributed by atoms with E-state index in [0.29, 0.717) is 80.4 Å². The van der Waals surface area contributed by atoms with Crippen molar-refractivity contribution in [2.45, 2.75) is 183 Å². The first kappa shape index (κ1) is 56.9. The van der Waals surface area contributed by atoms with Gasteiger partial charge in [-0.15, -0.1) is 0 Å². The van der Waals surface area contributed by atoms with Crippen molar-refractivity contribution in [1.29, 1.82) is 0 Å². The minimum absolute atomic E-state index is 0.0125. The molecule has 22 rings (SSSR count). The van der Waals surface area contributed by atoms with E-state index >= 15 is 19.5 Å². The molecule has 13 aliphatic carbocycles. The van der Waals surface area contributed by atoms with Gasteiger partial charge in [0.05, 0.1) is 48.5 Å². The fourth-order valence-corrected chi connectivity index (χ4v) is 31.0. The second-order valence-corrected chi connectivity index (χ2v) is 35.6. The first-order chi connectivity index (χ1) is 45.6. The van der Waals surface area contributed by atoms with Crippen LogP contribution < -0.4 is 5.32 Å². The van der Waals surface area contributed by atoms with Gasteiger partial charge in [0, 0.05) is 52.7 Å². The zero-order chi connectivity index (χ0) is 62.8. The molecule has 7 aliphatic heterocycles. The number of nitrogens with zero attached hydrogens (tertiary/aromatic N) is 1. The summed E-state index contributed by atoms with van der Waals surface area (Å²) >= 11 is 0. The van der Waals surface area contributed by atoms with Crippen LogP contribution in [0.15, 0.2) is 101 Å². The molecule has 31 atom stereocenters. The van der Waals surface area contributed by atoms with Gasteiger partial charge in [-0.1, -0.05) is 111 Å². The lowest BCUT2D eigenvalue weighted by Crippen LogP contribution is -2.85. The topological polar surface area (TPSA) is 181 Å². The summed E-state index contributed by atoms with van der Waals surface area (Å²) in [5.74, 6) is 7.20. The van der Waals surface area contributed by atoms with Crippen molar-refractivity contribution in [3.63, 3.8) is 0 Å². The van der Waals surface area contributed by atoms with Crippen LogP contribution in [0.4, 0.5) is 0 Å². The molecule has 0 radical (unpaired) electrons. The van der Waals surface area contributed by atoms with Gasteiger partial charge in [-0.25, -0.2) is 4.79 Å². The molecule has 20 aliphatic rings. The van der Waals surface area contributed by atoms with Crippen molar-refractivity contribution < 1.29 is 53.1 Å². The third-order valence-corrected chi connectivity index (χ3v) is 33.5. The number of nitrogens with one attached hydrogen (secondary N) is 1. The van der Waals surface area contributed by atoms with Crippen LogP contribution in [0.5, 0.6) is 0 Å². The number of benzene rings is 1. The molecule has 5 saturated heterocycles. The molecule has 8 saturated carbocycles. The largest absolute Gasteiger partial charge is 0.469 e. The summed E-state index contributed by atoms with van der Waals surface area (Å²) in [4.78, 5) is 54.0. The number of fused-ring (bicyclic) bond motifs is 8. The fraction of sp³-hybridized carbons (Fsp3) is 0.691. The summed E-state index contributed by atoms with van der Waals surface area (Å²) in [6.07, 6.45) is 35.4. The number of aliphatic hydroxyl groups excluding tert-OH is 3. The number of allylic oxidation sites excluding steroid dienone is 5. The van der Waals surface area contributed by atoms with Crippen molar-refractivity contribution in [1.82, 2.24) is 10.2 Å². The molecule has 9 spiro atoms. The van der Waals surface area contributed by atoms with E-state index in [1.54, 1.807) is 0 Å². The van der Waals surface area contributed by atoms with Crippen molar-refractivity contribution >= 4 is 17.7 Å². The molecule has 1 aromatic heterocycles. The summed E-state index contributed by atoms with van der Waals surface area (Å²) in [5.41, 5.74) is -7.34. The van der Waals surface area contributed by atoms with Crippen LogP contribution in [0.3, 0.4) is 0 Å². The Morgan fingerprint density at radius 2 is 1.81 bits per heavy atom. The molecular formula is C81H92N2O11. The number of carbonyl (C=O) groups is 3. The molecule has 2 aromatic rings. The zero-order valence-corrected chi connectivity index (χ0v) is 54.6. The maximum absolute atomic E-state index is 18.3. The van der Waals surface area contributed by atoms with Crippen LogP contribution in [-0.2, 0) is 58.2 Å². The van der Waals surface area contributed by atoms with Gasteiger partial charge < -0.3 is 43.6 Å².